The molecule has 1 aromatic carbocycles. The second-order valence-corrected chi connectivity index (χ2v) is 8.41. The number of carbonyl (C=O) groups excluding carboxylic acids is 1. The smallest absolute Gasteiger partial charge is 0.226 e. The number of benzene rings is 1. The third-order valence-electron chi connectivity index (χ3n) is 5.28. The van der Waals surface area contributed by atoms with E-state index in [4.69, 9.17) is 0 Å². The summed E-state index contributed by atoms with van der Waals surface area (Å²) in [5.74, 6) is 0.892. The number of nitrogens with one attached hydrogen (secondary N) is 1. The maximum atomic E-state index is 12.4. The number of aromatic nitrogens is 3. The van der Waals surface area contributed by atoms with Gasteiger partial charge in [0.25, 0.3) is 0 Å². The standard InChI is InChI=1S/C23H21N5OS/c29-22(28-11-1-2-12-28)14-16-5-10-25-21(13-16)27-23-26-19-4-3-18(15-20(19)30-23)17-6-8-24-9-7-17/h3-10,13,15H,1-2,11-12,14H2,(H,25,26,27). The number of nitrogens with zero attached hydrogens (tertiary/aromatic N) is 4. The summed E-state index contributed by atoms with van der Waals surface area (Å²) < 4.78 is 1.10. The van der Waals surface area contributed by atoms with Crippen molar-refractivity contribution in [2.45, 2.75) is 19.3 Å². The van der Waals surface area contributed by atoms with E-state index in [1.54, 1.807) is 29.9 Å². The monoisotopic (exact) mass is 415 g/mol. The number of hydrogen-bond donors (Lipinski definition) is 1. The summed E-state index contributed by atoms with van der Waals surface area (Å²) in [5, 5.41) is 4.08. The van der Waals surface area contributed by atoms with Gasteiger partial charge in [-0.3, -0.25) is 9.78 Å². The number of pyridine rings is 2. The second kappa shape index (κ2) is 8.20. The third kappa shape index (κ3) is 4.02. The van der Waals surface area contributed by atoms with Gasteiger partial charge in [0, 0.05) is 31.7 Å². The number of anilines is 2. The number of amides is 1. The zero-order chi connectivity index (χ0) is 20.3. The van der Waals surface area contributed by atoms with E-state index in [2.05, 4.69) is 32.4 Å². The molecule has 1 fully saturated rings. The normalized spacial score (nSPS) is 13.7. The van der Waals surface area contributed by atoms with Crippen molar-refractivity contribution in [2.75, 3.05) is 18.4 Å². The van der Waals surface area contributed by atoms with Crippen LogP contribution < -0.4 is 5.32 Å². The number of fused-ring (bicyclic) bond motifs is 1. The maximum Gasteiger partial charge on any atom is 0.226 e. The Labute approximate surface area is 178 Å². The highest BCUT2D eigenvalue weighted by Crippen LogP contribution is 2.31. The lowest BCUT2D eigenvalue weighted by Crippen LogP contribution is -2.29. The minimum absolute atomic E-state index is 0.188. The minimum Gasteiger partial charge on any atom is -0.342 e. The number of hydrogen-bond acceptors (Lipinski definition) is 6. The maximum absolute atomic E-state index is 12.4. The molecule has 6 nitrogen and oxygen atoms in total. The van der Waals surface area contributed by atoms with Crippen LogP contribution in [0.25, 0.3) is 21.3 Å². The van der Waals surface area contributed by atoms with E-state index in [0.29, 0.717) is 12.2 Å². The zero-order valence-electron chi connectivity index (χ0n) is 16.4. The molecule has 3 aromatic heterocycles. The summed E-state index contributed by atoms with van der Waals surface area (Å²) >= 11 is 1.59. The lowest BCUT2D eigenvalue weighted by atomic mass is 10.1. The number of carbonyl (C=O) groups is 1. The van der Waals surface area contributed by atoms with Gasteiger partial charge in [-0.2, -0.15) is 0 Å². The molecule has 0 spiro atoms. The quantitative estimate of drug-likeness (QED) is 0.513. The van der Waals surface area contributed by atoms with Gasteiger partial charge in [0.05, 0.1) is 16.6 Å². The van der Waals surface area contributed by atoms with Crippen LogP contribution in [0.1, 0.15) is 18.4 Å². The van der Waals surface area contributed by atoms with Crippen molar-refractivity contribution in [3.05, 3.63) is 66.6 Å². The first-order valence-electron chi connectivity index (χ1n) is 10.1. The van der Waals surface area contributed by atoms with Gasteiger partial charge in [-0.15, -0.1) is 0 Å². The van der Waals surface area contributed by atoms with Gasteiger partial charge in [0.15, 0.2) is 5.13 Å². The van der Waals surface area contributed by atoms with Crippen LogP contribution in [0, 0.1) is 0 Å². The topological polar surface area (TPSA) is 71.0 Å². The Balaban J connectivity index is 1.33. The highest BCUT2D eigenvalue weighted by Gasteiger charge is 2.18. The second-order valence-electron chi connectivity index (χ2n) is 7.38. The molecule has 1 aliphatic rings. The van der Waals surface area contributed by atoms with E-state index in [0.717, 1.165) is 58.0 Å². The predicted molar refractivity (Wildman–Crippen MR) is 120 cm³/mol. The molecular formula is C23H21N5OS. The fourth-order valence-corrected chi connectivity index (χ4v) is 4.63. The lowest BCUT2D eigenvalue weighted by molar-refractivity contribution is -0.129. The molecule has 4 heterocycles. The van der Waals surface area contributed by atoms with Crippen molar-refractivity contribution < 1.29 is 4.79 Å². The van der Waals surface area contributed by atoms with Crippen molar-refractivity contribution in [2.24, 2.45) is 0 Å². The summed E-state index contributed by atoms with van der Waals surface area (Å²) in [6.45, 7) is 1.75. The van der Waals surface area contributed by atoms with Crippen LogP contribution in [0.15, 0.2) is 61.1 Å². The van der Waals surface area contributed by atoms with E-state index in [1.807, 2.05) is 35.2 Å². The number of likely N-dealkylation sites (tertiary alicyclic amines) is 1. The molecule has 0 saturated carbocycles. The summed E-state index contributed by atoms with van der Waals surface area (Å²) in [4.78, 5) is 27.5. The number of thiazole rings is 1. The summed E-state index contributed by atoms with van der Waals surface area (Å²) in [6.07, 6.45) is 7.96. The molecule has 1 saturated heterocycles. The average Bonchev–Trinajstić information content (AvgIpc) is 3.44. The van der Waals surface area contributed by atoms with Crippen LogP contribution in [0.4, 0.5) is 10.9 Å². The van der Waals surface area contributed by atoms with Gasteiger partial charge in [-0.1, -0.05) is 17.4 Å². The fourth-order valence-electron chi connectivity index (χ4n) is 3.72. The van der Waals surface area contributed by atoms with Gasteiger partial charge in [0.2, 0.25) is 5.91 Å². The highest BCUT2D eigenvalue weighted by atomic mass is 32.1. The van der Waals surface area contributed by atoms with Gasteiger partial charge in [0.1, 0.15) is 5.82 Å². The molecular weight excluding hydrogens is 394 g/mol. The molecule has 150 valence electrons. The van der Waals surface area contributed by atoms with E-state index in [1.165, 1.54) is 0 Å². The SMILES string of the molecule is O=C(Cc1ccnc(Nc2nc3ccc(-c4ccncc4)cc3s2)c1)N1CCCC1. The van der Waals surface area contributed by atoms with E-state index in [-0.39, 0.29) is 5.91 Å². The Morgan fingerprint density at radius 1 is 1.00 bits per heavy atom. The van der Waals surface area contributed by atoms with Crippen LogP contribution in [0.5, 0.6) is 0 Å². The molecule has 0 aliphatic carbocycles. The number of rotatable bonds is 5. The molecule has 4 aromatic rings. The Hall–Kier alpha value is -3.32. The average molecular weight is 416 g/mol. The van der Waals surface area contributed by atoms with E-state index in [9.17, 15) is 4.79 Å². The van der Waals surface area contributed by atoms with Crippen LogP contribution in [-0.4, -0.2) is 38.8 Å². The molecule has 0 radical (unpaired) electrons. The first kappa shape index (κ1) is 18.7. The molecule has 7 heteroatoms. The Kier molecular flexibility index (Phi) is 5.11. The fraction of sp³-hybridized carbons (Fsp3) is 0.217. The highest BCUT2D eigenvalue weighted by molar-refractivity contribution is 7.22. The van der Waals surface area contributed by atoms with Gasteiger partial charge < -0.3 is 10.2 Å². The van der Waals surface area contributed by atoms with Crippen LogP contribution >= 0.6 is 11.3 Å². The first-order valence-corrected chi connectivity index (χ1v) is 10.9. The third-order valence-corrected chi connectivity index (χ3v) is 6.21. The van der Waals surface area contributed by atoms with Crippen LogP contribution in [0.2, 0.25) is 0 Å². The lowest BCUT2D eigenvalue weighted by Gasteiger charge is -2.15. The predicted octanol–water partition coefficient (Wildman–Crippen LogP) is 4.66. The summed E-state index contributed by atoms with van der Waals surface area (Å²) in [7, 11) is 0. The Morgan fingerprint density at radius 2 is 1.83 bits per heavy atom. The Morgan fingerprint density at radius 3 is 2.67 bits per heavy atom. The minimum atomic E-state index is 0.188. The van der Waals surface area contributed by atoms with Crippen LogP contribution in [0.3, 0.4) is 0 Å². The molecule has 0 atom stereocenters. The first-order chi connectivity index (χ1) is 14.7. The summed E-state index contributed by atoms with van der Waals surface area (Å²) in [5.41, 5.74) is 4.18. The van der Waals surface area contributed by atoms with Gasteiger partial charge in [-0.05, 0) is 65.9 Å². The Bertz CT molecular complexity index is 1180. The molecule has 1 N–H and O–H groups in total. The van der Waals surface area contributed by atoms with Crippen molar-refractivity contribution in [3.8, 4) is 11.1 Å². The van der Waals surface area contributed by atoms with Gasteiger partial charge >= 0.3 is 0 Å². The van der Waals surface area contributed by atoms with E-state index < -0.39 is 0 Å². The van der Waals surface area contributed by atoms with E-state index >= 15 is 0 Å². The molecule has 1 aliphatic heterocycles. The molecule has 30 heavy (non-hydrogen) atoms. The van der Waals surface area contributed by atoms with Crippen molar-refractivity contribution in [3.63, 3.8) is 0 Å². The molecule has 5 rings (SSSR count). The van der Waals surface area contributed by atoms with Gasteiger partial charge in [-0.25, -0.2) is 9.97 Å². The molecule has 1 amide bonds. The van der Waals surface area contributed by atoms with Crippen molar-refractivity contribution in [1.29, 1.82) is 0 Å². The van der Waals surface area contributed by atoms with Crippen molar-refractivity contribution >= 4 is 38.4 Å². The molecule has 0 unspecified atom stereocenters. The van der Waals surface area contributed by atoms with Crippen LogP contribution in [-0.2, 0) is 11.2 Å². The zero-order valence-corrected chi connectivity index (χ0v) is 17.2. The largest absolute Gasteiger partial charge is 0.342 e. The van der Waals surface area contributed by atoms with Crippen molar-refractivity contribution in [1.82, 2.24) is 19.9 Å². The summed E-state index contributed by atoms with van der Waals surface area (Å²) in [6, 6.07) is 14.1. The molecule has 0 bridgehead atoms.